The number of nitrogens with zero attached hydrogens (tertiary/aromatic N) is 1. The fraction of sp³-hybridized carbons (Fsp3) is 0.0833. The van der Waals surface area contributed by atoms with Crippen molar-refractivity contribution in [1.82, 2.24) is 5.43 Å². The van der Waals surface area contributed by atoms with Crippen molar-refractivity contribution >= 4 is 17.7 Å². The molecule has 0 bridgehead atoms. The van der Waals surface area contributed by atoms with E-state index in [1.54, 1.807) is 7.11 Å². The zero-order chi connectivity index (χ0) is 19.6. The van der Waals surface area contributed by atoms with Crippen molar-refractivity contribution in [3.05, 3.63) is 108 Å². The number of hydrogen-bond donors (Lipinski definition) is 1. The van der Waals surface area contributed by atoms with Gasteiger partial charge in [0.25, 0.3) is 0 Å². The summed E-state index contributed by atoms with van der Waals surface area (Å²) in [6.07, 6.45) is 4.12. The maximum atomic E-state index is 12.3. The van der Waals surface area contributed by atoms with Crippen LogP contribution >= 0.6 is 0 Å². The molecule has 1 N–H and O–H groups in total. The average molecular weight is 370 g/mol. The van der Waals surface area contributed by atoms with Crippen molar-refractivity contribution < 1.29 is 9.53 Å². The van der Waals surface area contributed by atoms with Gasteiger partial charge in [0.15, 0.2) is 0 Å². The smallest absolute Gasteiger partial charge is 0.244 e. The number of carbonyl (C=O) groups is 1. The summed E-state index contributed by atoms with van der Waals surface area (Å²) in [6.45, 7) is 0. The number of allylic oxidation sites excluding steroid dienone is 1. The van der Waals surface area contributed by atoms with E-state index >= 15 is 0 Å². The molecule has 4 nitrogen and oxygen atoms in total. The summed E-state index contributed by atoms with van der Waals surface area (Å²) in [5, 5.41) is 4.34. The van der Waals surface area contributed by atoms with Gasteiger partial charge in [-0.1, -0.05) is 78.9 Å². The minimum Gasteiger partial charge on any atom is -0.497 e. The number of nitrogens with one attached hydrogen (secondary N) is 1. The molecule has 0 aliphatic rings. The standard InChI is InChI=1S/C24H22N2O2/c1-28-22-15-12-20(13-16-22)18-24(27)26-25-23(21-10-6-3-7-11-21)17-14-19-8-4-2-5-9-19/h2-17H,18H2,1H3,(H,26,27)/b17-14+,25-23-. The fourth-order valence-corrected chi connectivity index (χ4v) is 2.64. The molecule has 0 aliphatic carbocycles. The number of methoxy groups -OCH3 is 1. The second kappa shape index (κ2) is 9.88. The van der Waals surface area contributed by atoms with Crippen LogP contribution in [-0.4, -0.2) is 18.7 Å². The molecule has 28 heavy (non-hydrogen) atoms. The topological polar surface area (TPSA) is 50.7 Å². The van der Waals surface area contributed by atoms with Crippen LogP contribution in [-0.2, 0) is 11.2 Å². The Morgan fingerprint density at radius 1 is 0.929 bits per heavy atom. The Balaban J connectivity index is 1.72. The monoisotopic (exact) mass is 370 g/mol. The molecular formula is C24H22N2O2. The highest BCUT2D eigenvalue weighted by molar-refractivity contribution is 6.11. The van der Waals surface area contributed by atoms with Gasteiger partial charge in [-0.05, 0) is 29.3 Å². The third-order valence-corrected chi connectivity index (χ3v) is 4.13. The summed E-state index contributed by atoms with van der Waals surface area (Å²) in [4.78, 5) is 12.3. The number of hydrazone groups is 1. The van der Waals surface area contributed by atoms with Crippen LogP contribution in [0.2, 0.25) is 0 Å². The van der Waals surface area contributed by atoms with Crippen molar-refractivity contribution in [2.45, 2.75) is 6.42 Å². The predicted molar refractivity (Wildman–Crippen MR) is 113 cm³/mol. The molecule has 3 aromatic rings. The molecule has 140 valence electrons. The number of hydrogen-bond acceptors (Lipinski definition) is 3. The first-order valence-electron chi connectivity index (χ1n) is 9.02. The Morgan fingerprint density at radius 2 is 1.57 bits per heavy atom. The molecule has 0 saturated carbocycles. The lowest BCUT2D eigenvalue weighted by Gasteiger charge is -2.05. The fourth-order valence-electron chi connectivity index (χ4n) is 2.64. The van der Waals surface area contributed by atoms with E-state index < -0.39 is 0 Å². The van der Waals surface area contributed by atoms with Crippen LogP contribution in [0.3, 0.4) is 0 Å². The van der Waals surface area contributed by atoms with E-state index in [0.717, 1.165) is 22.4 Å². The Labute approximate surface area is 165 Å². The van der Waals surface area contributed by atoms with E-state index in [1.807, 2.05) is 97.1 Å². The Kier molecular flexibility index (Phi) is 6.74. The molecule has 4 heteroatoms. The molecule has 3 aromatic carbocycles. The normalized spacial score (nSPS) is 11.4. The van der Waals surface area contributed by atoms with Crippen LogP contribution in [0.1, 0.15) is 16.7 Å². The summed E-state index contributed by atoms with van der Waals surface area (Å²) in [7, 11) is 1.62. The van der Waals surface area contributed by atoms with Crippen molar-refractivity contribution in [2.24, 2.45) is 5.10 Å². The van der Waals surface area contributed by atoms with Gasteiger partial charge in [0.05, 0.1) is 19.2 Å². The highest BCUT2D eigenvalue weighted by Crippen LogP contribution is 2.12. The van der Waals surface area contributed by atoms with Crippen molar-refractivity contribution in [3.63, 3.8) is 0 Å². The third-order valence-electron chi connectivity index (χ3n) is 4.13. The van der Waals surface area contributed by atoms with Gasteiger partial charge in [0, 0.05) is 5.56 Å². The molecule has 0 radical (unpaired) electrons. The van der Waals surface area contributed by atoms with E-state index in [4.69, 9.17) is 4.74 Å². The van der Waals surface area contributed by atoms with E-state index in [9.17, 15) is 4.79 Å². The summed E-state index contributed by atoms with van der Waals surface area (Å²) in [5.41, 5.74) is 6.24. The molecule has 0 fully saturated rings. The molecule has 0 aliphatic heterocycles. The van der Waals surface area contributed by atoms with Crippen molar-refractivity contribution in [3.8, 4) is 5.75 Å². The first-order valence-corrected chi connectivity index (χ1v) is 9.02. The van der Waals surface area contributed by atoms with Crippen LogP contribution in [0.25, 0.3) is 6.08 Å². The molecule has 0 atom stereocenters. The molecule has 0 spiro atoms. The van der Waals surface area contributed by atoms with Gasteiger partial charge in [-0.2, -0.15) is 5.10 Å². The molecule has 0 heterocycles. The van der Waals surface area contributed by atoms with Gasteiger partial charge in [-0.3, -0.25) is 4.79 Å². The van der Waals surface area contributed by atoms with Crippen molar-refractivity contribution in [2.75, 3.05) is 7.11 Å². The van der Waals surface area contributed by atoms with Crippen LogP contribution in [0.5, 0.6) is 5.75 Å². The Morgan fingerprint density at radius 3 is 2.21 bits per heavy atom. The minimum absolute atomic E-state index is 0.174. The second-order valence-corrected chi connectivity index (χ2v) is 6.17. The van der Waals surface area contributed by atoms with Gasteiger partial charge < -0.3 is 4.74 Å². The number of ether oxygens (including phenoxy) is 1. The lowest BCUT2D eigenvalue weighted by molar-refractivity contribution is -0.120. The maximum Gasteiger partial charge on any atom is 0.244 e. The maximum absolute atomic E-state index is 12.3. The van der Waals surface area contributed by atoms with Crippen LogP contribution in [0.15, 0.2) is 96.1 Å². The van der Waals surface area contributed by atoms with E-state index in [2.05, 4.69) is 10.5 Å². The number of carbonyl (C=O) groups excluding carboxylic acids is 1. The summed E-state index contributed by atoms with van der Waals surface area (Å²) in [5.74, 6) is 0.589. The molecule has 0 saturated heterocycles. The van der Waals surface area contributed by atoms with Gasteiger partial charge in [0.2, 0.25) is 5.91 Å². The number of rotatable bonds is 7. The zero-order valence-electron chi connectivity index (χ0n) is 15.7. The molecule has 3 rings (SSSR count). The minimum atomic E-state index is -0.174. The van der Waals surface area contributed by atoms with Gasteiger partial charge in [-0.25, -0.2) is 5.43 Å². The Bertz CT molecular complexity index is 947. The summed E-state index contributed by atoms with van der Waals surface area (Å²) < 4.78 is 5.14. The van der Waals surface area contributed by atoms with E-state index in [1.165, 1.54) is 0 Å². The highest BCUT2D eigenvalue weighted by Gasteiger charge is 2.05. The Hall–Kier alpha value is -3.66. The van der Waals surface area contributed by atoms with Crippen LogP contribution < -0.4 is 10.2 Å². The molecular weight excluding hydrogens is 348 g/mol. The molecule has 1 amide bonds. The van der Waals surface area contributed by atoms with Crippen LogP contribution in [0.4, 0.5) is 0 Å². The first-order chi connectivity index (χ1) is 13.7. The van der Waals surface area contributed by atoms with Gasteiger partial charge in [-0.15, -0.1) is 0 Å². The lowest BCUT2D eigenvalue weighted by atomic mass is 10.1. The lowest BCUT2D eigenvalue weighted by Crippen LogP contribution is -2.21. The van der Waals surface area contributed by atoms with Gasteiger partial charge in [0.1, 0.15) is 5.75 Å². The average Bonchev–Trinajstić information content (AvgIpc) is 2.75. The summed E-state index contributed by atoms with van der Waals surface area (Å²) in [6, 6.07) is 27.1. The zero-order valence-corrected chi connectivity index (χ0v) is 15.7. The number of benzene rings is 3. The quantitative estimate of drug-likeness (QED) is 0.493. The SMILES string of the molecule is COc1ccc(CC(=O)N/N=C(/C=C/c2ccccc2)c2ccccc2)cc1. The molecule has 0 aromatic heterocycles. The number of amides is 1. The van der Waals surface area contributed by atoms with Crippen molar-refractivity contribution in [1.29, 1.82) is 0 Å². The predicted octanol–water partition coefficient (Wildman–Crippen LogP) is 4.47. The third kappa shape index (κ3) is 5.68. The second-order valence-electron chi connectivity index (χ2n) is 6.17. The highest BCUT2D eigenvalue weighted by atomic mass is 16.5. The largest absolute Gasteiger partial charge is 0.497 e. The van der Waals surface area contributed by atoms with Crippen LogP contribution in [0, 0.1) is 0 Å². The molecule has 0 unspecified atom stereocenters. The van der Waals surface area contributed by atoms with E-state index in [-0.39, 0.29) is 12.3 Å². The van der Waals surface area contributed by atoms with E-state index in [0.29, 0.717) is 5.71 Å². The summed E-state index contributed by atoms with van der Waals surface area (Å²) >= 11 is 0. The first kappa shape index (κ1) is 19.1. The van der Waals surface area contributed by atoms with Gasteiger partial charge >= 0.3 is 0 Å².